The Bertz CT molecular complexity index is 1350. The van der Waals surface area contributed by atoms with Crippen LogP contribution in [0, 0.1) is 6.92 Å². The Labute approximate surface area is 248 Å². The fraction of sp³-hybridized carbons (Fsp3) is 0.471. The molecular formula is C34H42N4O2S. The molecule has 1 saturated carbocycles. The first-order valence-corrected chi connectivity index (χ1v) is 16.2. The van der Waals surface area contributed by atoms with Crippen molar-refractivity contribution in [2.24, 2.45) is 0 Å². The molecule has 3 aromatic rings. The molecule has 2 fully saturated rings. The average Bonchev–Trinajstić information content (AvgIpc) is 3.70. The van der Waals surface area contributed by atoms with Gasteiger partial charge in [-0.2, -0.15) is 0 Å². The Morgan fingerprint density at radius 1 is 1.02 bits per heavy atom. The lowest BCUT2D eigenvalue weighted by Crippen LogP contribution is -2.52. The summed E-state index contributed by atoms with van der Waals surface area (Å²) in [4.78, 5) is 36.1. The van der Waals surface area contributed by atoms with E-state index in [1.54, 1.807) is 11.3 Å². The van der Waals surface area contributed by atoms with Crippen molar-refractivity contribution < 1.29 is 9.59 Å². The number of amides is 2. The summed E-state index contributed by atoms with van der Waals surface area (Å²) in [5.41, 5.74) is 4.16. The second-order valence-electron chi connectivity index (χ2n) is 12.0. The number of anilines is 1. The Balaban J connectivity index is 1.12. The van der Waals surface area contributed by atoms with Gasteiger partial charge in [0.2, 0.25) is 5.91 Å². The second-order valence-corrected chi connectivity index (χ2v) is 13.0. The lowest BCUT2D eigenvalue weighted by Gasteiger charge is -2.44. The van der Waals surface area contributed by atoms with Gasteiger partial charge in [-0.3, -0.25) is 14.5 Å². The van der Waals surface area contributed by atoms with E-state index in [2.05, 4.69) is 69.6 Å². The Morgan fingerprint density at radius 3 is 2.61 bits per heavy atom. The van der Waals surface area contributed by atoms with Gasteiger partial charge in [-0.05, 0) is 80.4 Å². The largest absolute Gasteiger partial charge is 0.366 e. The maximum Gasteiger partial charge on any atom is 0.254 e. The molecule has 0 unspecified atom stereocenters. The molecule has 41 heavy (non-hydrogen) atoms. The Kier molecular flexibility index (Phi) is 8.45. The summed E-state index contributed by atoms with van der Waals surface area (Å²) >= 11 is 1.65. The molecule has 0 bridgehead atoms. The number of piperazine rings is 1. The van der Waals surface area contributed by atoms with E-state index in [4.69, 9.17) is 0 Å². The molecule has 6 rings (SSSR count). The number of nitrogens with zero attached hydrogens (tertiary/aromatic N) is 3. The van der Waals surface area contributed by atoms with Gasteiger partial charge in [0.1, 0.15) is 0 Å². The number of hydrogen-bond acceptors (Lipinski definition) is 5. The number of carbonyl (C=O) groups is 2. The maximum absolute atomic E-state index is 14.0. The highest BCUT2D eigenvalue weighted by atomic mass is 32.1. The molecule has 6 nitrogen and oxygen atoms in total. The molecule has 1 N–H and O–H groups in total. The molecule has 3 atom stereocenters. The van der Waals surface area contributed by atoms with Crippen molar-refractivity contribution in [3.05, 3.63) is 87.6 Å². The van der Waals surface area contributed by atoms with E-state index in [-0.39, 0.29) is 23.9 Å². The van der Waals surface area contributed by atoms with Gasteiger partial charge in [0.05, 0.1) is 12.0 Å². The van der Waals surface area contributed by atoms with Crippen molar-refractivity contribution in [1.82, 2.24) is 15.1 Å². The number of thiophene rings is 1. The van der Waals surface area contributed by atoms with Crippen molar-refractivity contribution in [3.63, 3.8) is 0 Å². The van der Waals surface area contributed by atoms with E-state index < -0.39 is 5.92 Å². The van der Waals surface area contributed by atoms with E-state index >= 15 is 0 Å². The zero-order chi connectivity index (χ0) is 28.3. The van der Waals surface area contributed by atoms with Gasteiger partial charge in [-0.1, -0.05) is 49.2 Å². The molecule has 2 aliphatic heterocycles. The smallest absolute Gasteiger partial charge is 0.254 e. The van der Waals surface area contributed by atoms with Gasteiger partial charge in [0.25, 0.3) is 5.91 Å². The number of carbonyl (C=O) groups excluding carboxylic acids is 2. The molecule has 2 amide bonds. The quantitative estimate of drug-likeness (QED) is 0.338. The van der Waals surface area contributed by atoms with Gasteiger partial charge in [0.15, 0.2) is 0 Å². The highest BCUT2D eigenvalue weighted by Crippen LogP contribution is 2.47. The van der Waals surface area contributed by atoms with Crippen LogP contribution in [0.2, 0.25) is 0 Å². The summed E-state index contributed by atoms with van der Waals surface area (Å²) in [6.45, 7) is 9.13. The molecule has 3 aliphatic rings. The van der Waals surface area contributed by atoms with Gasteiger partial charge in [0, 0.05) is 54.4 Å². The minimum Gasteiger partial charge on any atom is -0.366 e. The number of fused-ring (bicyclic) bond motifs is 1. The van der Waals surface area contributed by atoms with Crippen molar-refractivity contribution in [2.45, 2.75) is 70.0 Å². The number of hydrogen-bond donors (Lipinski definition) is 1. The topological polar surface area (TPSA) is 55.9 Å². The van der Waals surface area contributed by atoms with Crippen LogP contribution in [0.5, 0.6) is 0 Å². The molecule has 3 heterocycles. The van der Waals surface area contributed by atoms with Crippen molar-refractivity contribution in [2.75, 3.05) is 37.6 Å². The number of rotatable bonds is 8. The predicted octanol–water partition coefficient (Wildman–Crippen LogP) is 6.00. The summed E-state index contributed by atoms with van der Waals surface area (Å²) in [5, 5.41) is 5.35. The molecule has 2 aromatic carbocycles. The Morgan fingerprint density at radius 2 is 1.85 bits per heavy atom. The monoisotopic (exact) mass is 570 g/mol. The second kappa shape index (κ2) is 12.4. The minimum atomic E-state index is -0.402. The first-order chi connectivity index (χ1) is 20.0. The number of aryl methyl sites for hydroxylation is 1. The minimum absolute atomic E-state index is 0.0315. The van der Waals surface area contributed by atoms with Crippen LogP contribution in [0.25, 0.3) is 0 Å². The first-order valence-electron chi connectivity index (χ1n) is 15.3. The van der Waals surface area contributed by atoms with Crippen LogP contribution in [0.3, 0.4) is 0 Å². The van der Waals surface area contributed by atoms with Gasteiger partial charge in [-0.15, -0.1) is 11.3 Å². The lowest BCUT2D eigenvalue weighted by molar-refractivity contribution is -0.124. The van der Waals surface area contributed by atoms with E-state index in [0.29, 0.717) is 18.2 Å². The van der Waals surface area contributed by atoms with E-state index in [1.807, 2.05) is 30.3 Å². The van der Waals surface area contributed by atoms with Crippen LogP contribution in [0.15, 0.2) is 66.0 Å². The lowest BCUT2D eigenvalue weighted by atomic mass is 9.80. The molecule has 0 radical (unpaired) electrons. The van der Waals surface area contributed by atoms with Crippen molar-refractivity contribution in [3.8, 4) is 0 Å². The molecule has 1 aliphatic carbocycles. The summed E-state index contributed by atoms with van der Waals surface area (Å²) in [6.07, 6.45) is 5.22. The Hall–Kier alpha value is -3.16. The molecule has 0 spiro atoms. The van der Waals surface area contributed by atoms with Crippen LogP contribution < -0.4 is 10.2 Å². The number of benzene rings is 2. The van der Waals surface area contributed by atoms with Crippen LogP contribution in [0.4, 0.5) is 5.69 Å². The van der Waals surface area contributed by atoms with Gasteiger partial charge < -0.3 is 15.1 Å². The van der Waals surface area contributed by atoms with Crippen molar-refractivity contribution in [1.29, 1.82) is 0 Å². The molecule has 1 aromatic heterocycles. The first kappa shape index (κ1) is 28.0. The third-order valence-corrected chi connectivity index (χ3v) is 10.1. The zero-order valence-corrected chi connectivity index (χ0v) is 25.1. The summed E-state index contributed by atoms with van der Waals surface area (Å²) in [6, 6.07) is 21.1. The van der Waals surface area contributed by atoms with E-state index in [0.717, 1.165) is 68.7 Å². The zero-order valence-electron chi connectivity index (χ0n) is 24.3. The van der Waals surface area contributed by atoms with Gasteiger partial charge in [-0.25, -0.2) is 0 Å². The normalized spacial score (nSPS) is 23.6. The van der Waals surface area contributed by atoms with Crippen LogP contribution in [-0.4, -0.2) is 66.4 Å². The highest BCUT2D eigenvalue weighted by molar-refractivity contribution is 7.10. The summed E-state index contributed by atoms with van der Waals surface area (Å²) in [7, 11) is 0. The van der Waals surface area contributed by atoms with Crippen LogP contribution in [0.1, 0.15) is 77.3 Å². The predicted molar refractivity (Wildman–Crippen MR) is 167 cm³/mol. The maximum atomic E-state index is 14.0. The fourth-order valence-electron chi connectivity index (χ4n) is 7.23. The molecule has 7 heteroatoms. The molecular weight excluding hydrogens is 528 g/mol. The SMILES string of the molecule is Cc1cccc(N2CCN(CCCNC(=O)[C@@H]3c4ccccc4C(=O)N(C4CCCC4)[C@H]3c3cccs3)C[C@H]2C)c1. The summed E-state index contributed by atoms with van der Waals surface area (Å²) < 4.78 is 0. The number of nitrogens with one attached hydrogen (secondary N) is 1. The van der Waals surface area contributed by atoms with Crippen molar-refractivity contribution >= 4 is 28.8 Å². The third kappa shape index (κ3) is 5.80. The standard InChI is InChI=1S/C34H42N4O2S/c1-24-10-7-13-27(22-24)37-20-19-36(23-25(37)2)18-9-17-35-33(39)31-28-14-5-6-15-29(28)34(40)38(26-11-3-4-12-26)32(31)30-16-8-21-41-30/h5-8,10,13-16,21-22,25-26,31-32H,3-4,9,11-12,17-20,23H2,1-2H3,(H,35,39)/t25-,31-,32+/m1/s1. The van der Waals surface area contributed by atoms with Crippen LogP contribution >= 0.6 is 11.3 Å². The highest BCUT2D eigenvalue weighted by Gasteiger charge is 2.47. The molecule has 1 saturated heterocycles. The average molecular weight is 571 g/mol. The molecule has 216 valence electrons. The fourth-order valence-corrected chi connectivity index (χ4v) is 8.09. The van der Waals surface area contributed by atoms with Crippen LogP contribution in [-0.2, 0) is 4.79 Å². The van der Waals surface area contributed by atoms with E-state index in [1.165, 1.54) is 11.3 Å². The third-order valence-electron chi connectivity index (χ3n) is 9.21. The van der Waals surface area contributed by atoms with Gasteiger partial charge >= 0.3 is 0 Å². The summed E-state index contributed by atoms with van der Waals surface area (Å²) in [5.74, 6) is -0.293. The van der Waals surface area contributed by atoms with E-state index in [9.17, 15) is 9.59 Å².